The molecule has 0 spiro atoms. The zero-order valence-corrected chi connectivity index (χ0v) is 12.2. The quantitative estimate of drug-likeness (QED) is 0.674. The Labute approximate surface area is 133 Å². The molecule has 0 aromatic heterocycles. The number of nitrogens with zero attached hydrogens (tertiary/aromatic N) is 3. The second-order valence-corrected chi connectivity index (χ2v) is 4.68. The van der Waals surface area contributed by atoms with Crippen LogP contribution in [0.3, 0.4) is 0 Å². The fourth-order valence-electron chi connectivity index (χ4n) is 1.62. The van der Waals surface area contributed by atoms with Crippen LogP contribution in [0.4, 0.5) is 5.69 Å². The molecule has 0 unspecified atom stereocenters. The molecule has 0 amide bonds. The van der Waals surface area contributed by atoms with Crippen LogP contribution in [-0.4, -0.2) is 5.71 Å². The summed E-state index contributed by atoms with van der Waals surface area (Å²) >= 11 is 5.81. The number of anilines is 1. The lowest BCUT2D eigenvalue weighted by molar-refractivity contribution is 0.306. The molecule has 5 nitrogen and oxygen atoms in total. The van der Waals surface area contributed by atoms with Gasteiger partial charge in [-0.2, -0.15) is 15.6 Å². The van der Waals surface area contributed by atoms with E-state index in [1.165, 1.54) is 0 Å². The van der Waals surface area contributed by atoms with Gasteiger partial charge in [-0.25, -0.2) is 0 Å². The Morgan fingerprint density at radius 3 is 2.55 bits per heavy atom. The summed E-state index contributed by atoms with van der Waals surface area (Å²) < 4.78 is 5.64. The van der Waals surface area contributed by atoms with Crippen LogP contribution < -0.4 is 10.2 Å². The summed E-state index contributed by atoms with van der Waals surface area (Å²) in [7, 11) is 0. The maximum atomic E-state index is 8.62. The summed E-state index contributed by atoms with van der Waals surface area (Å²) in [6.45, 7) is 0.379. The molecule has 0 atom stereocenters. The third-order valence-corrected chi connectivity index (χ3v) is 2.91. The van der Waals surface area contributed by atoms with Gasteiger partial charge in [-0.15, -0.1) is 0 Å². The summed E-state index contributed by atoms with van der Waals surface area (Å²) in [6, 6.07) is 17.8. The van der Waals surface area contributed by atoms with Crippen molar-refractivity contribution in [3.05, 3.63) is 59.1 Å². The number of nitrogens with one attached hydrogen (secondary N) is 1. The van der Waals surface area contributed by atoms with E-state index in [0.29, 0.717) is 17.3 Å². The van der Waals surface area contributed by atoms with Gasteiger partial charge < -0.3 is 4.74 Å². The SMILES string of the molecule is N#CC(C#N)=NNc1cccc(COc2ccc(Cl)cc2)c1. The Bertz CT molecular complexity index is 741. The third-order valence-electron chi connectivity index (χ3n) is 2.65. The number of halogens is 1. The molecule has 1 N–H and O–H groups in total. The fraction of sp³-hybridized carbons (Fsp3) is 0.0625. The summed E-state index contributed by atoms with van der Waals surface area (Å²) in [5.74, 6) is 0.719. The van der Waals surface area contributed by atoms with Crippen LogP contribution in [0.25, 0.3) is 0 Å². The van der Waals surface area contributed by atoms with Crippen molar-refractivity contribution in [3.8, 4) is 17.9 Å². The summed E-state index contributed by atoms with van der Waals surface area (Å²) in [4.78, 5) is 0. The smallest absolute Gasteiger partial charge is 0.237 e. The molecule has 0 aliphatic heterocycles. The standard InChI is InChI=1S/C16H11ClN4O/c17-13-4-6-16(7-5-13)22-11-12-2-1-3-14(8-12)20-21-15(9-18)10-19/h1-8,20H,11H2. The van der Waals surface area contributed by atoms with Gasteiger partial charge in [0, 0.05) is 5.02 Å². The average molecular weight is 311 g/mol. The van der Waals surface area contributed by atoms with Crippen LogP contribution in [0, 0.1) is 22.7 Å². The van der Waals surface area contributed by atoms with Gasteiger partial charge in [0.25, 0.3) is 0 Å². The first kappa shape index (κ1) is 15.4. The topological polar surface area (TPSA) is 81.2 Å². The van der Waals surface area contributed by atoms with Crippen LogP contribution in [0.15, 0.2) is 53.6 Å². The van der Waals surface area contributed by atoms with Gasteiger partial charge in [-0.3, -0.25) is 5.43 Å². The Balaban J connectivity index is 2.00. The van der Waals surface area contributed by atoms with Crippen LogP contribution in [-0.2, 0) is 6.61 Å². The molecule has 0 heterocycles. The lowest BCUT2D eigenvalue weighted by atomic mass is 10.2. The molecule has 0 bridgehead atoms. The number of hydrogen-bond donors (Lipinski definition) is 1. The first-order valence-corrected chi connectivity index (χ1v) is 6.70. The van der Waals surface area contributed by atoms with Gasteiger partial charge in [-0.05, 0) is 42.0 Å². The molecule has 0 aliphatic carbocycles. The fourth-order valence-corrected chi connectivity index (χ4v) is 1.75. The number of hydrazone groups is 1. The van der Waals surface area contributed by atoms with Crippen molar-refractivity contribution in [2.75, 3.05) is 5.43 Å². The predicted molar refractivity (Wildman–Crippen MR) is 84.5 cm³/mol. The minimum absolute atomic E-state index is 0.234. The van der Waals surface area contributed by atoms with E-state index in [9.17, 15) is 0 Å². The normalized spacial score (nSPS) is 9.23. The van der Waals surface area contributed by atoms with Crippen LogP contribution in [0.2, 0.25) is 5.02 Å². The minimum Gasteiger partial charge on any atom is -0.489 e. The minimum atomic E-state index is -0.234. The molecule has 22 heavy (non-hydrogen) atoms. The molecule has 0 fully saturated rings. The van der Waals surface area contributed by atoms with Gasteiger partial charge in [0.1, 0.15) is 24.5 Å². The van der Waals surface area contributed by atoms with E-state index in [1.807, 2.05) is 18.2 Å². The molecular formula is C16H11ClN4O. The number of benzene rings is 2. The zero-order valence-electron chi connectivity index (χ0n) is 11.5. The first-order chi connectivity index (χ1) is 10.7. The van der Waals surface area contributed by atoms with E-state index in [2.05, 4.69) is 10.5 Å². The van der Waals surface area contributed by atoms with Gasteiger partial charge in [-0.1, -0.05) is 23.7 Å². The summed E-state index contributed by atoms with van der Waals surface area (Å²) in [6.07, 6.45) is 0. The maximum Gasteiger partial charge on any atom is 0.237 e. The van der Waals surface area contributed by atoms with Crippen molar-refractivity contribution in [2.45, 2.75) is 6.61 Å². The van der Waals surface area contributed by atoms with E-state index in [1.54, 1.807) is 42.5 Å². The largest absolute Gasteiger partial charge is 0.489 e. The average Bonchev–Trinajstić information content (AvgIpc) is 2.56. The van der Waals surface area contributed by atoms with Crippen LogP contribution in [0.1, 0.15) is 5.56 Å². The molecule has 6 heteroatoms. The molecule has 2 aromatic rings. The van der Waals surface area contributed by atoms with Gasteiger partial charge in [0.2, 0.25) is 5.71 Å². The van der Waals surface area contributed by atoms with E-state index in [-0.39, 0.29) is 5.71 Å². The second-order valence-electron chi connectivity index (χ2n) is 4.24. The number of nitriles is 2. The van der Waals surface area contributed by atoms with Crippen LogP contribution >= 0.6 is 11.6 Å². The van der Waals surface area contributed by atoms with E-state index in [0.717, 1.165) is 11.3 Å². The van der Waals surface area contributed by atoms with E-state index >= 15 is 0 Å². The summed E-state index contributed by atoms with van der Waals surface area (Å²) in [5, 5.41) is 21.6. The molecule has 0 aliphatic rings. The highest BCUT2D eigenvalue weighted by Gasteiger charge is 1.99. The predicted octanol–water partition coefficient (Wildman–Crippen LogP) is 3.73. The monoisotopic (exact) mass is 310 g/mol. The van der Waals surface area contributed by atoms with Crippen LogP contribution in [0.5, 0.6) is 5.75 Å². The van der Waals surface area contributed by atoms with Crippen molar-refractivity contribution in [1.29, 1.82) is 10.5 Å². The first-order valence-electron chi connectivity index (χ1n) is 6.32. The highest BCUT2D eigenvalue weighted by Crippen LogP contribution is 2.18. The van der Waals surface area contributed by atoms with Gasteiger partial charge in [0.05, 0.1) is 5.69 Å². The third kappa shape index (κ3) is 4.52. The lowest BCUT2D eigenvalue weighted by Gasteiger charge is -2.07. The number of ether oxygens (including phenoxy) is 1. The maximum absolute atomic E-state index is 8.62. The zero-order chi connectivity index (χ0) is 15.8. The molecule has 2 aromatic carbocycles. The lowest BCUT2D eigenvalue weighted by Crippen LogP contribution is -1.99. The molecular weight excluding hydrogens is 300 g/mol. The van der Waals surface area contributed by atoms with Gasteiger partial charge >= 0.3 is 0 Å². The summed E-state index contributed by atoms with van der Waals surface area (Å²) in [5.41, 5.74) is 4.02. The molecule has 108 valence electrons. The number of hydrogen-bond acceptors (Lipinski definition) is 5. The Kier molecular flexibility index (Phi) is 5.37. The van der Waals surface area contributed by atoms with Crippen molar-refractivity contribution < 1.29 is 4.74 Å². The van der Waals surface area contributed by atoms with Gasteiger partial charge in [0.15, 0.2) is 0 Å². The Morgan fingerprint density at radius 2 is 1.86 bits per heavy atom. The highest BCUT2D eigenvalue weighted by molar-refractivity contribution is 6.30. The Morgan fingerprint density at radius 1 is 1.14 bits per heavy atom. The van der Waals surface area contributed by atoms with Crippen molar-refractivity contribution in [2.24, 2.45) is 5.10 Å². The molecule has 0 saturated carbocycles. The van der Waals surface area contributed by atoms with Crippen molar-refractivity contribution in [3.63, 3.8) is 0 Å². The number of rotatable bonds is 5. The molecule has 0 saturated heterocycles. The second kappa shape index (κ2) is 7.68. The van der Waals surface area contributed by atoms with Crippen molar-refractivity contribution >= 4 is 23.0 Å². The molecule has 0 radical (unpaired) electrons. The molecule has 2 rings (SSSR count). The van der Waals surface area contributed by atoms with E-state index in [4.69, 9.17) is 26.9 Å². The van der Waals surface area contributed by atoms with Crippen molar-refractivity contribution in [1.82, 2.24) is 0 Å². The Hall–Kier alpha value is -3.02. The highest BCUT2D eigenvalue weighted by atomic mass is 35.5. The van der Waals surface area contributed by atoms with E-state index < -0.39 is 0 Å².